The standard InChI is InChI=1S/C15H18O9/c16-11-9-12-14(17)22-7-5-20-3-1-19-2-4-21-6-8-23-15(18)13(10-11)24-12/h9-10H,1-8H2. The maximum atomic E-state index is 11.8. The van der Waals surface area contributed by atoms with Crippen LogP contribution in [0.25, 0.3) is 0 Å². The highest BCUT2D eigenvalue weighted by atomic mass is 16.6. The highest BCUT2D eigenvalue weighted by molar-refractivity contribution is 5.89. The van der Waals surface area contributed by atoms with Crippen molar-refractivity contribution in [3.05, 3.63) is 33.9 Å². The summed E-state index contributed by atoms with van der Waals surface area (Å²) in [4.78, 5) is 35.2. The van der Waals surface area contributed by atoms with E-state index in [1.54, 1.807) is 0 Å². The second-order valence-corrected chi connectivity index (χ2v) is 4.63. The molecule has 0 amide bonds. The highest BCUT2D eigenvalue weighted by Gasteiger charge is 2.17. The number of carbonyl (C=O) groups is 2. The predicted molar refractivity (Wildman–Crippen MR) is 78.0 cm³/mol. The molecule has 0 unspecified atom stereocenters. The minimum absolute atomic E-state index is 0.0275. The molecule has 2 heterocycles. The molecule has 1 aromatic rings. The van der Waals surface area contributed by atoms with Crippen molar-refractivity contribution >= 4 is 11.9 Å². The summed E-state index contributed by atoms with van der Waals surface area (Å²) >= 11 is 0. The minimum atomic E-state index is -0.869. The summed E-state index contributed by atoms with van der Waals surface area (Å²) in [5, 5.41) is 0. The molecule has 24 heavy (non-hydrogen) atoms. The minimum Gasteiger partial charge on any atom is -0.457 e. The molecule has 1 aromatic heterocycles. The lowest BCUT2D eigenvalue weighted by Crippen LogP contribution is -2.18. The lowest BCUT2D eigenvalue weighted by Gasteiger charge is -2.09. The van der Waals surface area contributed by atoms with E-state index in [0.717, 1.165) is 12.1 Å². The molecule has 9 nitrogen and oxygen atoms in total. The lowest BCUT2D eigenvalue weighted by atomic mass is 10.3. The Morgan fingerprint density at radius 3 is 1.38 bits per heavy atom. The van der Waals surface area contributed by atoms with Crippen molar-refractivity contribution in [2.75, 3.05) is 52.9 Å². The second kappa shape index (κ2) is 9.81. The van der Waals surface area contributed by atoms with Crippen molar-refractivity contribution in [3.8, 4) is 0 Å². The van der Waals surface area contributed by atoms with Gasteiger partial charge >= 0.3 is 11.9 Å². The fourth-order valence-electron chi connectivity index (χ4n) is 1.75. The SMILES string of the molecule is O=C1OCCOCCOCCOCCOC(=O)c2cc(=O)cc1o2. The number of fused-ring (bicyclic) bond motifs is 2. The molecule has 0 spiro atoms. The van der Waals surface area contributed by atoms with Gasteiger partial charge in [-0.15, -0.1) is 0 Å². The van der Waals surface area contributed by atoms with Crippen LogP contribution in [0.3, 0.4) is 0 Å². The van der Waals surface area contributed by atoms with Gasteiger partial charge in [0.25, 0.3) is 0 Å². The van der Waals surface area contributed by atoms with Gasteiger partial charge in [0.2, 0.25) is 11.5 Å². The quantitative estimate of drug-likeness (QED) is 0.602. The Hall–Kier alpha value is -2.23. The van der Waals surface area contributed by atoms with Gasteiger partial charge in [0.1, 0.15) is 13.2 Å². The van der Waals surface area contributed by atoms with Crippen molar-refractivity contribution in [3.63, 3.8) is 0 Å². The van der Waals surface area contributed by atoms with Crippen molar-refractivity contribution in [1.82, 2.24) is 0 Å². The van der Waals surface area contributed by atoms with Crippen molar-refractivity contribution in [2.24, 2.45) is 0 Å². The molecule has 0 saturated heterocycles. The summed E-state index contributed by atoms with van der Waals surface area (Å²) in [6.07, 6.45) is 0. The van der Waals surface area contributed by atoms with Crippen LogP contribution in [0.4, 0.5) is 0 Å². The van der Waals surface area contributed by atoms with Crippen LogP contribution >= 0.6 is 0 Å². The molecule has 2 bridgehead atoms. The van der Waals surface area contributed by atoms with Gasteiger partial charge in [-0.3, -0.25) is 4.79 Å². The Morgan fingerprint density at radius 2 is 0.958 bits per heavy atom. The van der Waals surface area contributed by atoms with Gasteiger partial charge in [0, 0.05) is 12.1 Å². The molecule has 0 radical (unpaired) electrons. The maximum absolute atomic E-state index is 11.8. The molecular formula is C15H18O9. The predicted octanol–water partition coefficient (Wildman–Crippen LogP) is 0.0168. The van der Waals surface area contributed by atoms with E-state index in [4.69, 9.17) is 28.1 Å². The molecule has 0 aliphatic carbocycles. The number of hydrogen-bond donors (Lipinski definition) is 0. The molecule has 9 heteroatoms. The van der Waals surface area contributed by atoms with Gasteiger partial charge in [-0.05, 0) is 0 Å². The summed E-state index contributed by atoms with van der Waals surface area (Å²) in [7, 11) is 0. The Labute approximate surface area is 137 Å². The van der Waals surface area contributed by atoms with Crippen LogP contribution in [-0.4, -0.2) is 64.8 Å². The highest BCUT2D eigenvalue weighted by Crippen LogP contribution is 2.06. The second-order valence-electron chi connectivity index (χ2n) is 4.63. The number of cyclic esters (lactones) is 2. The zero-order chi connectivity index (χ0) is 17.2. The van der Waals surface area contributed by atoms with Crippen LogP contribution in [0.2, 0.25) is 0 Å². The topological polar surface area (TPSA) is 111 Å². The molecule has 0 aromatic carbocycles. The van der Waals surface area contributed by atoms with Crippen molar-refractivity contribution < 1.29 is 37.7 Å². The molecule has 132 valence electrons. The van der Waals surface area contributed by atoms with Gasteiger partial charge in [0.15, 0.2) is 5.43 Å². The maximum Gasteiger partial charge on any atom is 0.374 e. The van der Waals surface area contributed by atoms with E-state index in [-0.39, 0.29) is 37.9 Å². The number of ether oxygens (including phenoxy) is 5. The van der Waals surface area contributed by atoms with E-state index >= 15 is 0 Å². The Morgan fingerprint density at radius 1 is 0.583 bits per heavy atom. The number of esters is 2. The molecular weight excluding hydrogens is 324 g/mol. The van der Waals surface area contributed by atoms with E-state index < -0.39 is 17.4 Å². The number of carbonyl (C=O) groups excluding carboxylic acids is 2. The van der Waals surface area contributed by atoms with Crippen LogP contribution in [0.5, 0.6) is 0 Å². The summed E-state index contributed by atoms with van der Waals surface area (Å²) in [5.74, 6) is -2.50. The number of rotatable bonds is 0. The van der Waals surface area contributed by atoms with Crippen molar-refractivity contribution in [1.29, 1.82) is 0 Å². The van der Waals surface area contributed by atoms with E-state index in [1.165, 1.54) is 0 Å². The van der Waals surface area contributed by atoms with E-state index in [9.17, 15) is 14.4 Å². The van der Waals surface area contributed by atoms with Gasteiger partial charge in [-0.2, -0.15) is 0 Å². The summed E-state index contributed by atoms with van der Waals surface area (Å²) in [6.45, 7) is 1.72. The molecule has 1 aliphatic rings. The molecule has 0 saturated carbocycles. The first-order valence-electron chi connectivity index (χ1n) is 7.39. The monoisotopic (exact) mass is 342 g/mol. The Kier molecular flexibility index (Phi) is 7.40. The van der Waals surface area contributed by atoms with Crippen LogP contribution in [-0.2, 0) is 23.7 Å². The Balaban J connectivity index is 2.04. The summed E-state index contributed by atoms with van der Waals surface area (Å²) < 4.78 is 30.6. The third kappa shape index (κ3) is 6.11. The van der Waals surface area contributed by atoms with Gasteiger partial charge < -0.3 is 28.1 Å². The van der Waals surface area contributed by atoms with E-state index in [0.29, 0.717) is 26.4 Å². The van der Waals surface area contributed by atoms with E-state index in [1.807, 2.05) is 0 Å². The van der Waals surface area contributed by atoms with Crippen LogP contribution in [0.15, 0.2) is 21.3 Å². The first-order valence-corrected chi connectivity index (χ1v) is 7.39. The lowest BCUT2D eigenvalue weighted by molar-refractivity contribution is -0.00907. The van der Waals surface area contributed by atoms with Crippen molar-refractivity contribution in [2.45, 2.75) is 0 Å². The molecule has 0 fully saturated rings. The van der Waals surface area contributed by atoms with Gasteiger partial charge in [0.05, 0.1) is 39.6 Å². The summed E-state index contributed by atoms with van der Waals surface area (Å²) in [5.41, 5.74) is -0.570. The third-order valence-electron chi connectivity index (χ3n) is 2.83. The van der Waals surface area contributed by atoms with Gasteiger partial charge in [-0.1, -0.05) is 0 Å². The smallest absolute Gasteiger partial charge is 0.374 e. The number of hydrogen-bond acceptors (Lipinski definition) is 9. The molecule has 0 N–H and O–H groups in total. The van der Waals surface area contributed by atoms with Crippen LogP contribution < -0.4 is 5.43 Å². The third-order valence-corrected chi connectivity index (χ3v) is 2.83. The molecule has 0 atom stereocenters. The average Bonchev–Trinajstić information content (AvgIpc) is 2.57. The van der Waals surface area contributed by atoms with Gasteiger partial charge in [-0.25, -0.2) is 9.59 Å². The largest absolute Gasteiger partial charge is 0.457 e. The molecule has 1 aliphatic heterocycles. The normalized spacial score (nSPS) is 18.8. The first-order chi connectivity index (χ1) is 11.7. The average molecular weight is 342 g/mol. The van der Waals surface area contributed by atoms with Crippen LogP contribution in [0, 0.1) is 0 Å². The first kappa shape index (κ1) is 18.1. The Bertz CT molecular complexity index is 560. The van der Waals surface area contributed by atoms with E-state index in [2.05, 4.69) is 0 Å². The fourth-order valence-corrected chi connectivity index (χ4v) is 1.75. The fraction of sp³-hybridized carbons (Fsp3) is 0.533. The zero-order valence-electron chi connectivity index (χ0n) is 13.0. The summed E-state index contributed by atoms with van der Waals surface area (Å²) in [6, 6.07) is 1.88. The zero-order valence-corrected chi connectivity index (χ0v) is 13.0. The van der Waals surface area contributed by atoms with Crippen LogP contribution in [0.1, 0.15) is 21.1 Å². The molecule has 2 rings (SSSR count).